The molecule has 1 aliphatic carbocycles. The Morgan fingerprint density at radius 1 is 1.26 bits per heavy atom. The van der Waals surface area contributed by atoms with Crippen LogP contribution in [0.25, 0.3) is 0 Å². The van der Waals surface area contributed by atoms with Gasteiger partial charge in [-0.2, -0.15) is 13.2 Å². The van der Waals surface area contributed by atoms with Crippen LogP contribution in [0.5, 0.6) is 0 Å². The SMILES string of the molecule is O=C(O)C(F)(F)F.c1csc(CN2CCc3ncnc(C4CC4)c3CC2)c1. The Morgan fingerprint density at radius 2 is 1.96 bits per heavy atom. The third-order valence-corrected chi connectivity index (χ3v) is 5.44. The van der Waals surface area contributed by atoms with Crippen LogP contribution in [0.4, 0.5) is 13.2 Å². The summed E-state index contributed by atoms with van der Waals surface area (Å²) in [6, 6.07) is 4.38. The van der Waals surface area contributed by atoms with Gasteiger partial charge < -0.3 is 5.11 Å². The van der Waals surface area contributed by atoms with E-state index in [9.17, 15) is 13.2 Å². The quantitative estimate of drug-likeness (QED) is 0.854. The van der Waals surface area contributed by atoms with Crippen molar-refractivity contribution >= 4 is 17.3 Å². The maximum absolute atomic E-state index is 10.6. The average Bonchev–Trinajstić information content (AvgIpc) is 3.37. The molecule has 0 amide bonds. The molecule has 146 valence electrons. The van der Waals surface area contributed by atoms with E-state index in [-0.39, 0.29) is 0 Å². The Kier molecular flexibility index (Phi) is 6.11. The van der Waals surface area contributed by atoms with E-state index in [1.807, 2.05) is 11.3 Å². The molecular weight excluding hydrogens is 379 g/mol. The Labute approximate surface area is 158 Å². The number of hydrogen-bond acceptors (Lipinski definition) is 5. The molecular formula is C18H20F3N3O2S. The largest absolute Gasteiger partial charge is 0.490 e. The molecule has 1 aliphatic heterocycles. The van der Waals surface area contributed by atoms with Gasteiger partial charge in [0.15, 0.2) is 0 Å². The maximum Gasteiger partial charge on any atom is 0.490 e. The van der Waals surface area contributed by atoms with Crippen LogP contribution in [-0.4, -0.2) is 45.2 Å². The summed E-state index contributed by atoms with van der Waals surface area (Å²) >= 11 is 1.86. The molecule has 2 aliphatic rings. The van der Waals surface area contributed by atoms with E-state index < -0.39 is 12.1 Å². The van der Waals surface area contributed by atoms with Crippen LogP contribution in [0.2, 0.25) is 0 Å². The van der Waals surface area contributed by atoms with E-state index in [1.165, 1.54) is 34.7 Å². The van der Waals surface area contributed by atoms with Gasteiger partial charge in [-0.3, -0.25) is 4.90 Å². The van der Waals surface area contributed by atoms with Crippen LogP contribution in [-0.2, 0) is 24.2 Å². The van der Waals surface area contributed by atoms with Gasteiger partial charge in [0, 0.05) is 42.5 Å². The van der Waals surface area contributed by atoms with Gasteiger partial charge in [-0.05, 0) is 36.3 Å². The second kappa shape index (κ2) is 8.35. The molecule has 2 aromatic heterocycles. The topological polar surface area (TPSA) is 66.3 Å². The summed E-state index contributed by atoms with van der Waals surface area (Å²) in [5.41, 5.74) is 4.12. The van der Waals surface area contributed by atoms with Crippen LogP contribution in [0.3, 0.4) is 0 Å². The predicted octanol–water partition coefficient (Wildman–Crippen LogP) is 3.65. The Balaban J connectivity index is 0.000000260. The van der Waals surface area contributed by atoms with Crippen molar-refractivity contribution in [3.8, 4) is 0 Å². The minimum Gasteiger partial charge on any atom is -0.475 e. The van der Waals surface area contributed by atoms with Gasteiger partial charge in [0.1, 0.15) is 6.33 Å². The van der Waals surface area contributed by atoms with E-state index in [0.717, 1.165) is 38.4 Å². The Hall–Kier alpha value is -2.00. The Morgan fingerprint density at radius 3 is 2.56 bits per heavy atom. The monoisotopic (exact) mass is 399 g/mol. The first-order valence-electron chi connectivity index (χ1n) is 8.72. The summed E-state index contributed by atoms with van der Waals surface area (Å²) in [5, 5.41) is 9.29. The van der Waals surface area contributed by atoms with Crippen LogP contribution >= 0.6 is 11.3 Å². The number of aromatic nitrogens is 2. The number of alkyl halides is 3. The lowest BCUT2D eigenvalue weighted by molar-refractivity contribution is -0.192. The second-order valence-corrected chi connectivity index (χ2v) is 7.65. The second-order valence-electron chi connectivity index (χ2n) is 6.62. The number of thiophene rings is 1. The standard InChI is InChI=1S/C16H19N3S.C2HF3O2/c1-2-13(20-9-1)10-19-7-5-14-15(6-8-19)17-11-18-16(14)12-3-4-12;3-2(4,5)1(6)7/h1-2,9,11-12H,3-8,10H2;(H,6,7). The molecule has 5 nitrogen and oxygen atoms in total. The highest BCUT2D eigenvalue weighted by atomic mass is 32.1. The zero-order valence-electron chi connectivity index (χ0n) is 14.6. The lowest BCUT2D eigenvalue weighted by atomic mass is 10.0. The number of nitrogens with zero attached hydrogens (tertiary/aromatic N) is 3. The minimum absolute atomic E-state index is 0.732. The van der Waals surface area contributed by atoms with Crippen molar-refractivity contribution in [2.24, 2.45) is 0 Å². The third kappa shape index (κ3) is 5.49. The predicted molar refractivity (Wildman–Crippen MR) is 94.7 cm³/mol. The molecule has 4 rings (SSSR count). The molecule has 0 spiro atoms. The molecule has 9 heteroatoms. The summed E-state index contributed by atoms with van der Waals surface area (Å²) in [4.78, 5) is 22.0. The molecule has 1 N–H and O–H groups in total. The first-order valence-corrected chi connectivity index (χ1v) is 9.60. The van der Waals surface area contributed by atoms with Gasteiger partial charge in [0.05, 0.1) is 5.69 Å². The van der Waals surface area contributed by atoms with Crippen LogP contribution < -0.4 is 0 Å². The fourth-order valence-electron chi connectivity index (χ4n) is 3.09. The smallest absolute Gasteiger partial charge is 0.475 e. The average molecular weight is 399 g/mol. The van der Waals surface area contributed by atoms with Crippen molar-refractivity contribution in [3.05, 3.63) is 45.7 Å². The van der Waals surface area contributed by atoms with E-state index in [0.29, 0.717) is 0 Å². The van der Waals surface area contributed by atoms with Gasteiger partial charge in [-0.15, -0.1) is 11.3 Å². The molecule has 0 aromatic carbocycles. The van der Waals surface area contributed by atoms with Gasteiger partial charge >= 0.3 is 12.1 Å². The lowest BCUT2D eigenvalue weighted by Crippen LogP contribution is -2.25. The van der Waals surface area contributed by atoms with Gasteiger partial charge in [-0.25, -0.2) is 14.8 Å². The number of fused-ring (bicyclic) bond motifs is 1. The maximum atomic E-state index is 10.6. The molecule has 0 unspecified atom stereocenters. The summed E-state index contributed by atoms with van der Waals surface area (Å²) in [5.74, 6) is -2.02. The first kappa shape index (κ1) is 19.8. The van der Waals surface area contributed by atoms with E-state index >= 15 is 0 Å². The normalized spacial score (nSPS) is 17.4. The highest BCUT2D eigenvalue weighted by molar-refractivity contribution is 7.09. The number of halogens is 3. The van der Waals surface area contributed by atoms with Crippen molar-refractivity contribution in [2.45, 2.75) is 44.3 Å². The molecule has 27 heavy (non-hydrogen) atoms. The molecule has 0 radical (unpaired) electrons. The fraction of sp³-hybridized carbons (Fsp3) is 0.500. The van der Waals surface area contributed by atoms with Crippen molar-refractivity contribution < 1.29 is 23.1 Å². The lowest BCUT2D eigenvalue weighted by Gasteiger charge is -2.18. The van der Waals surface area contributed by atoms with Gasteiger partial charge in [0.25, 0.3) is 0 Å². The molecule has 0 atom stereocenters. The Bertz CT molecular complexity index is 777. The number of hydrogen-bond donors (Lipinski definition) is 1. The molecule has 3 heterocycles. The number of rotatable bonds is 3. The van der Waals surface area contributed by atoms with Crippen molar-refractivity contribution in [3.63, 3.8) is 0 Å². The van der Waals surface area contributed by atoms with E-state index in [4.69, 9.17) is 9.90 Å². The highest BCUT2D eigenvalue weighted by Gasteiger charge is 2.38. The molecule has 2 aromatic rings. The van der Waals surface area contributed by atoms with Crippen molar-refractivity contribution in [2.75, 3.05) is 13.1 Å². The number of carboxylic acids is 1. The molecule has 0 bridgehead atoms. The number of aliphatic carboxylic acids is 1. The zero-order valence-corrected chi connectivity index (χ0v) is 15.4. The fourth-order valence-corrected chi connectivity index (χ4v) is 3.83. The number of carbonyl (C=O) groups is 1. The number of carboxylic acid groups (broad SMARTS) is 1. The summed E-state index contributed by atoms with van der Waals surface area (Å²) in [6.45, 7) is 3.34. The van der Waals surface area contributed by atoms with Crippen LogP contribution in [0, 0.1) is 0 Å². The summed E-state index contributed by atoms with van der Waals surface area (Å²) in [6.07, 6.45) is 1.53. The van der Waals surface area contributed by atoms with Crippen LogP contribution in [0.15, 0.2) is 23.8 Å². The van der Waals surface area contributed by atoms with Crippen molar-refractivity contribution in [1.82, 2.24) is 14.9 Å². The third-order valence-electron chi connectivity index (χ3n) is 4.58. The zero-order chi connectivity index (χ0) is 19.4. The van der Waals surface area contributed by atoms with Gasteiger partial charge in [0.2, 0.25) is 0 Å². The molecule has 1 fully saturated rings. The van der Waals surface area contributed by atoms with E-state index in [2.05, 4.69) is 32.4 Å². The summed E-state index contributed by atoms with van der Waals surface area (Å²) in [7, 11) is 0. The minimum atomic E-state index is -5.08. The van der Waals surface area contributed by atoms with Crippen molar-refractivity contribution in [1.29, 1.82) is 0 Å². The van der Waals surface area contributed by atoms with E-state index in [1.54, 1.807) is 6.33 Å². The van der Waals surface area contributed by atoms with Gasteiger partial charge in [-0.1, -0.05) is 6.07 Å². The molecule has 1 saturated carbocycles. The first-order chi connectivity index (χ1) is 12.8. The summed E-state index contributed by atoms with van der Waals surface area (Å²) < 4.78 is 31.7. The van der Waals surface area contributed by atoms with Crippen LogP contribution in [0.1, 0.15) is 40.6 Å². The highest BCUT2D eigenvalue weighted by Crippen LogP contribution is 2.41. The molecule has 0 saturated heterocycles.